The Morgan fingerprint density at radius 3 is 2.48 bits per heavy atom. The number of hydrogen-bond acceptors (Lipinski definition) is 4. The third kappa shape index (κ3) is 5.35. The lowest BCUT2D eigenvalue weighted by Crippen LogP contribution is -2.48. The van der Waals surface area contributed by atoms with Crippen molar-refractivity contribution in [2.45, 2.75) is 24.4 Å². The molecule has 0 saturated heterocycles. The van der Waals surface area contributed by atoms with Gasteiger partial charge in [-0.1, -0.05) is 6.07 Å². The second-order valence-corrected chi connectivity index (χ2v) is 6.30. The fourth-order valence-corrected chi connectivity index (χ4v) is 2.62. The second-order valence-electron chi connectivity index (χ2n) is 5.45. The first kappa shape index (κ1) is 19.2. The Kier molecular flexibility index (Phi) is 7.22. The van der Waals surface area contributed by atoms with Gasteiger partial charge < -0.3 is 19.9 Å². The molecule has 0 aliphatic carbocycles. The largest absolute Gasteiger partial charge is 0.496 e. The van der Waals surface area contributed by atoms with Gasteiger partial charge in [-0.25, -0.2) is 4.79 Å². The number of thioether (sulfide) groups is 1. The molecule has 3 amide bonds. The van der Waals surface area contributed by atoms with Crippen molar-refractivity contribution in [3.8, 4) is 5.75 Å². The molecule has 1 rings (SSSR count). The monoisotopic (exact) mass is 339 g/mol. The van der Waals surface area contributed by atoms with Gasteiger partial charge >= 0.3 is 6.03 Å². The Bertz CT molecular complexity index is 564. The highest BCUT2D eigenvalue weighted by Gasteiger charge is 2.19. The number of carbonyl (C=O) groups is 2. The average molecular weight is 339 g/mol. The van der Waals surface area contributed by atoms with Crippen LogP contribution in [0.4, 0.5) is 4.79 Å². The molecule has 0 heterocycles. The fourth-order valence-electron chi connectivity index (χ4n) is 2.07. The zero-order chi connectivity index (χ0) is 17.6. The van der Waals surface area contributed by atoms with E-state index in [2.05, 4.69) is 5.32 Å². The van der Waals surface area contributed by atoms with Crippen LogP contribution < -0.4 is 10.1 Å². The molecule has 0 fully saturated rings. The van der Waals surface area contributed by atoms with E-state index in [-0.39, 0.29) is 11.9 Å². The molecule has 0 radical (unpaired) electrons. The summed E-state index contributed by atoms with van der Waals surface area (Å²) in [5.41, 5.74) is 0.962. The van der Waals surface area contributed by atoms with Gasteiger partial charge in [0.2, 0.25) is 5.91 Å². The number of hydrogen-bond donors (Lipinski definition) is 1. The second kappa shape index (κ2) is 8.67. The minimum absolute atomic E-state index is 0.141. The topological polar surface area (TPSA) is 61.9 Å². The van der Waals surface area contributed by atoms with Crippen LogP contribution in [0.1, 0.15) is 12.5 Å². The summed E-state index contributed by atoms with van der Waals surface area (Å²) in [6.07, 6.45) is 1.99. The predicted molar refractivity (Wildman–Crippen MR) is 92.9 cm³/mol. The molecule has 0 aliphatic rings. The maximum absolute atomic E-state index is 12.2. The normalized spacial score (nSPS) is 11.6. The van der Waals surface area contributed by atoms with Crippen molar-refractivity contribution in [2.75, 3.05) is 34.5 Å². The maximum Gasteiger partial charge on any atom is 0.318 e. The van der Waals surface area contributed by atoms with Crippen molar-refractivity contribution < 1.29 is 14.3 Å². The molecule has 0 bridgehead atoms. The molecule has 1 aromatic carbocycles. The van der Waals surface area contributed by atoms with Crippen molar-refractivity contribution in [1.82, 2.24) is 15.1 Å². The summed E-state index contributed by atoms with van der Waals surface area (Å²) < 4.78 is 5.35. The molecule has 1 N–H and O–H groups in total. The number of methoxy groups -OCH3 is 1. The first-order valence-corrected chi connectivity index (χ1v) is 8.46. The van der Waals surface area contributed by atoms with E-state index < -0.39 is 6.04 Å². The van der Waals surface area contributed by atoms with Crippen LogP contribution >= 0.6 is 11.8 Å². The molecular formula is C16H25N3O3S. The maximum atomic E-state index is 12.2. The molecule has 0 aromatic heterocycles. The highest BCUT2D eigenvalue weighted by Crippen LogP contribution is 2.28. The van der Waals surface area contributed by atoms with Gasteiger partial charge in [-0.15, -0.1) is 11.8 Å². The number of rotatable bonds is 6. The standard InChI is InChI=1S/C16H25N3O3S/c1-11(15(20)18(2)3)17-16(21)19(4)10-12-7-8-14(23-6)13(9-12)22-5/h7-9,11H,10H2,1-6H3,(H,17,21)/t11-/m1/s1. The van der Waals surface area contributed by atoms with Crippen LogP contribution in [0.3, 0.4) is 0 Å². The molecule has 128 valence electrons. The number of nitrogens with one attached hydrogen (secondary N) is 1. The molecule has 0 aliphatic heterocycles. The van der Waals surface area contributed by atoms with Crippen molar-refractivity contribution in [1.29, 1.82) is 0 Å². The minimum atomic E-state index is -0.562. The molecular weight excluding hydrogens is 314 g/mol. The summed E-state index contributed by atoms with van der Waals surface area (Å²) in [7, 11) is 6.64. The number of carbonyl (C=O) groups excluding carboxylic acids is 2. The van der Waals surface area contributed by atoms with Crippen LogP contribution in [0.25, 0.3) is 0 Å². The molecule has 0 saturated carbocycles. The summed E-state index contributed by atoms with van der Waals surface area (Å²) in [6.45, 7) is 2.10. The van der Waals surface area contributed by atoms with E-state index in [1.54, 1.807) is 46.9 Å². The number of amides is 3. The highest BCUT2D eigenvalue weighted by atomic mass is 32.2. The lowest BCUT2D eigenvalue weighted by molar-refractivity contribution is -0.130. The van der Waals surface area contributed by atoms with E-state index in [0.29, 0.717) is 6.54 Å². The third-order valence-electron chi connectivity index (χ3n) is 3.37. The molecule has 7 heteroatoms. The van der Waals surface area contributed by atoms with Crippen molar-refractivity contribution >= 4 is 23.7 Å². The number of likely N-dealkylation sites (N-methyl/N-ethyl adjacent to an activating group) is 1. The Hall–Kier alpha value is -1.89. The van der Waals surface area contributed by atoms with Gasteiger partial charge in [0.05, 0.1) is 7.11 Å². The van der Waals surface area contributed by atoms with E-state index in [1.165, 1.54) is 9.80 Å². The van der Waals surface area contributed by atoms with Crippen LogP contribution in [0, 0.1) is 0 Å². The van der Waals surface area contributed by atoms with E-state index in [9.17, 15) is 9.59 Å². The van der Waals surface area contributed by atoms with Gasteiger partial charge in [-0.3, -0.25) is 4.79 Å². The zero-order valence-electron chi connectivity index (χ0n) is 14.5. The van der Waals surface area contributed by atoms with E-state index in [1.807, 2.05) is 24.5 Å². The van der Waals surface area contributed by atoms with Crippen LogP contribution in [-0.4, -0.2) is 62.3 Å². The number of urea groups is 1. The van der Waals surface area contributed by atoms with Crippen LogP contribution in [0.5, 0.6) is 5.75 Å². The molecule has 6 nitrogen and oxygen atoms in total. The van der Waals surface area contributed by atoms with E-state index >= 15 is 0 Å². The van der Waals surface area contributed by atoms with Crippen LogP contribution in [0.15, 0.2) is 23.1 Å². The average Bonchev–Trinajstić information content (AvgIpc) is 2.53. The first-order chi connectivity index (χ1) is 10.8. The van der Waals surface area contributed by atoms with Crippen molar-refractivity contribution in [3.63, 3.8) is 0 Å². The van der Waals surface area contributed by atoms with Gasteiger partial charge in [0.15, 0.2) is 0 Å². The molecule has 0 unspecified atom stereocenters. The number of nitrogens with zero attached hydrogens (tertiary/aromatic N) is 2. The van der Waals surface area contributed by atoms with E-state index in [4.69, 9.17) is 4.74 Å². The summed E-state index contributed by atoms with van der Waals surface area (Å²) in [5.74, 6) is 0.651. The third-order valence-corrected chi connectivity index (χ3v) is 4.14. The Balaban J connectivity index is 2.70. The van der Waals surface area contributed by atoms with Crippen molar-refractivity contribution in [2.24, 2.45) is 0 Å². The van der Waals surface area contributed by atoms with Gasteiger partial charge in [0.1, 0.15) is 11.8 Å². The Morgan fingerprint density at radius 2 is 1.96 bits per heavy atom. The summed E-state index contributed by atoms with van der Waals surface area (Å²) in [4.78, 5) is 28.0. The Morgan fingerprint density at radius 1 is 1.30 bits per heavy atom. The number of ether oxygens (including phenoxy) is 1. The lowest BCUT2D eigenvalue weighted by Gasteiger charge is -2.23. The summed E-state index contributed by atoms with van der Waals surface area (Å²) >= 11 is 1.61. The van der Waals surface area contributed by atoms with Crippen molar-refractivity contribution in [3.05, 3.63) is 23.8 Å². The quantitative estimate of drug-likeness (QED) is 0.806. The smallest absolute Gasteiger partial charge is 0.318 e. The SMILES string of the molecule is COc1cc(CN(C)C(=O)N[C@H](C)C(=O)N(C)C)ccc1SC. The minimum Gasteiger partial charge on any atom is -0.496 e. The Labute approximate surface area is 142 Å². The zero-order valence-corrected chi connectivity index (χ0v) is 15.4. The van der Waals surface area contributed by atoms with Crippen LogP contribution in [-0.2, 0) is 11.3 Å². The highest BCUT2D eigenvalue weighted by molar-refractivity contribution is 7.98. The van der Waals surface area contributed by atoms with E-state index in [0.717, 1.165) is 16.2 Å². The van der Waals surface area contributed by atoms with Crippen LogP contribution in [0.2, 0.25) is 0 Å². The summed E-state index contributed by atoms with van der Waals surface area (Å²) in [6, 6.07) is 5.01. The van der Waals surface area contributed by atoms with Gasteiger partial charge in [0, 0.05) is 32.6 Å². The summed E-state index contributed by atoms with van der Waals surface area (Å²) in [5, 5.41) is 2.69. The number of benzene rings is 1. The molecule has 23 heavy (non-hydrogen) atoms. The fraction of sp³-hybridized carbons (Fsp3) is 0.500. The predicted octanol–water partition coefficient (Wildman–Crippen LogP) is 2.04. The molecule has 1 atom stereocenters. The molecule has 0 spiro atoms. The van der Waals surface area contributed by atoms with Gasteiger partial charge in [0.25, 0.3) is 0 Å². The van der Waals surface area contributed by atoms with Gasteiger partial charge in [-0.05, 0) is 30.9 Å². The van der Waals surface area contributed by atoms with Gasteiger partial charge in [-0.2, -0.15) is 0 Å². The lowest BCUT2D eigenvalue weighted by atomic mass is 10.2. The first-order valence-electron chi connectivity index (χ1n) is 7.23. The molecule has 1 aromatic rings.